The molecule has 4 bridgehead atoms. The van der Waals surface area contributed by atoms with Crippen molar-refractivity contribution in [2.24, 2.45) is 23.2 Å². The first-order valence-electron chi connectivity index (χ1n) is 13.0. The lowest BCUT2D eigenvalue weighted by atomic mass is 9.49. The number of hydrogen-bond acceptors (Lipinski definition) is 4. The van der Waals surface area contributed by atoms with E-state index in [1.54, 1.807) is 4.80 Å². The number of nitrogens with one attached hydrogen (secondary N) is 2. The minimum atomic E-state index is 0.0460. The number of hydrogen-bond donors (Lipinski definition) is 2. The summed E-state index contributed by atoms with van der Waals surface area (Å²) in [5.74, 6) is 2.56. The highest BCUT2D eigenvalue weighted by molar-refractivity contribution is 7.80. The van der Waals surface area contributed by atoms with Gasteiger partial charge < -0.3 is 10.6 Å². The molecule has 0 atom stereocenters. The largest absolute Gasteiger partial charge is 0.332 e. The maximum Gasteiger partial charge on any atom is 0.226 e. The molecule has 3 aromatic rings. The van der Waals surface area contributed by atoms with Crippen LogP contribution in [0.2, 0.25) is 0 Å². The van der Waals surface area contributed by atoms with Gasteiger partial charge in [0.15, 0.2) is 5.11 Å². The van der Waals surface area contributed by atoms with Crippen LogP contribution in [-0.4, -0.2) is 26.0 Å². The molecule has 182 valence electrons. The Kier molecular flexibility index (Phi) is 5.63. The lowest BCUT2D eigenvalue weighted by Gasteiger charge is -2.56. The van der Waals surface area contributed by atoms with Crippen LogP contribution in [0.5, 0.6) is 0 Å². The van der Waals surface area contributed by atoms with Crippen molar-refractivity contribution in [1.29, 1.82) is 0 Å². The Morgan fingerprint density at radius 1 is 1.03 bits per heavy atom. The molecule has 0 unspecified atom stereocenters. The zero-order valence-corrected chi connectivity index (χ0v) is 21.3. The average Bonchev–Trinajstić information content (AvgIpc) is 3.20. The molecule has 4 aliphatic rings. The fourth-order valence-corrected chi connectivity index (χ4v) is 7.58. The molecule has 4 fully saturated rings. The van der Waals surface area contributed by atoms with Crippen molar-refractivity contribution in [1.82, 2.24) is 20.3 Å². The Morgan fingerprint density at radius 3 is 2.23 bits per heavy atom. The van der Waals surface area contributed by atoms with Crippen LogP contribution in [0.3, 0.4) is 0 Å². The summed E-state index contributed by atoms with van der Waals surface area (Å²) in [5, 5.41) is 15.9. The van der Waals surface area contributed by atoms with Gasteiger partial charge in [-0.25, -0.2) is 0 Å². The van der Waals surface area contributed by atoms with Crippen LogP contribution in [0, 0.1) is 30.1 Å². The smallest absolute Gasteiger partial charge is 0.226 e. The highest BCUT2D eigenvalue weighted by Gasteiger charge is 2.51. The first-order valence-corrected chi connectivity index (χ1v) is 13.4. The van der Waals surface area contributed by atoms with Crippen LogP contribution in [0.4, 0.5) is 5.69 Å². The Balaban J connectivity index is 1.13. The summed E-state index contributed by atoms with van der Waals surface area (Å²) in [6.07, 6.45) is 9.42. The summed E-state index contributed by atoms with van der Waals surface area (Å²) in [5.41, 5.74) is 5.86. The molecule has 0 radical (unpaired) electrons. The Morgan fingerprint density at radius 2 is 1.63 bits per heavy atom. The number of nitrogens with zero attached hydrogens (tertiary/aromatic N) is 3. The second kappa shape index (κ2) is 8.70. The molecule has 0 aliphatic heterocycles. The van der Waals surface area contributed by atoms with E-state index in [1.807, 2.05) is 31.2 Å². The van der Waals surface area contributed by atoms with Gasteiger partial charge in [0.2, 0.25) is 5.91 Å². The van der Waals surface area contributed by atoms with Gasteiger partial charge in [0.25, 0.3) is 0 Å². The third-order valence-electron chi connectivity index (χ3n) is 8.50. The number of amides is 1. The molecule has 4 saturated carbocycles. The molecule has 2 aromatic carbocycles. The molecular weight excluding hydrogens is 454 g/mol. The van der Waals surface area contributed by atoms with Gasteiger partial charge in [0, 0.05) is 12.1 Å². The van der Waals surface area contributed by atoms with E-state index in [1.165, 1.54) is 44.1 Å². The van der Waals surface area contributed by atoms with E-state index in [2.05, 4.69) is 39.9 Å². The number of aryl methyl sites for hydroxylation is 2. The highest BCUT2D eigenvalue weighted by Crippen LogP contribution is 2.61. The minimum absolute atomic E-state index is 0.0460. The predicted molar refractivity (Wildman–Crippen MR) is 143 cm³/mol. The van der Waals surface area contributed by atoms with Crippen LogP contribution < -0.4 is 10.6 Å². The zero-order valence-electron chi connectivity index (χ0n) is 20.5. The van der Waals surface area contributed by atoms with E-state index < -0.39 is 0 Å². The molecule has 4 aliphatic carbocycles. The first kappa shape index (κ1) is 22.7. The van der Waals surface area contributed by atoms with Crippen LogP contribution in [0.1, 0.15) is 63.0 Å². The SMILES string of the molecule is CCc1ccc(-n2nc3cc(C)c(NC(=S)NC(=O)CC45CC6CC(CC(C6)C4)C5)cc3n2)cc1. The van der Waals surface area contributed by atoms with E-state index in [9.17, 15) is 4.79 Å². The molecule has 1 aromatic heterocycles. The number of fused-ring (bicyclic) bond motifs is 1. The van der Waals surface area contributed by atoms with Gasteiger partial charge in [-0.2, -0.15) is 4.80 Å². The maximum atomic E-state index is 13.0. The van der Waals surface area contributed by atoms with Crippen molar-refractivity contribution in [3.8, 4) is 5.69 Å². The van der Waals surface area contributed by atoms with E-state index in [0.717, 1.165) is 52.1 Å². The average molecular weight is 488 g/mol. The van der Waals surface area contributed by atoms with E-state index in [0.29, 0.717) is 11.5 Å². The van der Waals surface area contributed by atoms with E-state index >= 15 is 0 Å². The van der Waals surface area contributed by atoms with Gasteiger partial charge in [-0.05, 0) is 123 Å². The Labute approximate surface area is 211 Å². The van der Waals surface area contributed by atoms with Gasteiger partial charge >= 0.3 is 0 Å². The molecule has 0 saturated heterocycles. The topological polar surface area (TPSA) is 71.8 Å². The van der Waals surface area contributed by atoms with Gasteiger partial charge in [0.1, 0.15) is 11.0 Å². The normalized spacial score (nSPS) is 26.7. The second-order valence-corrected chi connectivity index (χ2v) is 11.7. The third kappa shape index (κ3) is 4.46. The molecule has 2 N–H and O–H groups in total. The number of thiocarbonyl (C=S) groups is 1. The molecule has 0 spiro atoms. The Hall–Kier alpha value is -2.80. The minimum Gasteiger partial charge on any atom is -0.332 e. The number of carbonyl (C=O) groups is 1. The predicted octanol–water partition coefficient (Wildman–Crippen LogP) is 5.71. The number of rotatable bonds is 5. The summed E-state index contributed by atoms with van der Waals surface area (Å²) in [6, 6.07) is 12.2. The lowest BCUT2D eigenvalue weighted by molar-refractivity contribution is -0.127. The van der Waals surface area contributed by atoms with Crippen LogP contribution in [-0.2, 0) is 11.2 Å². The van der Waals surface area contributed by atoms with E-state index in [4.69, 9.17) is 12.2 Å². The summed E-state index contributed by atoms with van der Waals surface area (Å²) < 4.78 is 0. The molecule has 7 rings (SSSR count). The molecule has 7 heteroatoms. The lowest BCUT2D eigenvalue weighted by Crippen LogP contribution is -2.48. The molecular formula is C28H33N5OS. The number of carbonyl (C=O) groups excluding carboxylic acids is 1. The summed E-state index contributed by atoms with van der Waals surface area (Å²) in [6.45, 7) is 4.15. The Bertz CT molecular complexity index is 1260. The molecule has 1 heterocycles. The number of aromatic nitrogens is 3. The zero-order chi connectivity index (χ0) is 24.2. The quantitative estimate of drug-likeness (QED) is 0.451. The van der Waals surface area contributed by atoms with Crippen molar-refractivity contribution < 1.29 is 4.79 Å². The second-order valence-electron chi connectivity index (χ2n) is 11.3. The van der Waals surface area contributed by atoms with Gasteiger partial charge in [-0.3, -0.25) is 4.79 Å². The standard InChI is InChI=1S/C28H33N5OS/c1-3-18-4-6-22(7-5-18)33-31-24-8-17(2)23(12-25(24)32-33)29-27(35)30-26(34)16-28-13-19-9-20(14-28)11-21(10-19)15-28/h4-8,12,19-21H,3,9-11,13-16H2,1-2H3,(H2,29,30,34,35). The van der Waals surface area contributed by atoms with Gasteiger partial charge in [-0.1, -0.05) is 19.1 Å². The van der Waals surface area contributed by atoms with Gasteiger partial charge in [-0.15, -0.1) is 10.2 Å². The fraction of sp³-hybridized carbons (Fsp3) is 0.500. The fourth-order valence-electron chi connectivity index (χ4n) is 7.35. The number of anilines is 1. The molecule has 35 heavy (non-hydrogen) atoms. The summed E-state index contributed by atoms with van der Waals surface area (Å²) in [7, 11) is 0. The molecule has 6 nitrogen and oxygen atoms in total. The molecule has 1 amide bonds. The van der Waals surface area contributed by atoms with E-state index in [-0.39, 0.29) is 11.3 Å². The summed E-state index contributed by atoms with van der Waals surface area (Å²) >= 11 is 5.53. The summed E-state index contributed by atoms with van der Waals surface area (Å²) in [4.78, 5) is 14.6. The van der Waals surface area contributed by atoms with Crippen molar-refractivity contribution in [3.05, 3.63) is 47.5 Å². The number of benzene rings is 2. The first-order chi connectivity index (χ1) is 16.9. The van der Waals surface area contributed by atoms with Crippen molar-refractivity contribution in [2.75, 3.05) is 5.32 Å². The van der Waals surface area contributed by atoms with Crippen LogP contribution >= 0.6 is 12.2 Å². The van der Waals surface area contributed by atoms with Crippen molar-refractivity contribution >= 4 is 40.0 Å². The maximum absolute atomic E-state index is 13.0. The van der Waals surface area contributed by atoms with Gasteiger partial charge in [0.05, 0.1) is 5.69 Å². The van der Waals surface area contributed by atoms with Crippen molar-refractivity contribution in [2.45, 2.75) is 65.2 Å². The van der Waals surface area contributed by atoms with Crippen LogP contribution in [0.15, 0.2) is 36.4 Å². The van der Waals surface area contributed by atoms with Crippen LogP contribution in [0.25, 0.3) is 16.7 Å². The third-order valence-corrected chi connectivity index (χ3v) is 8.71. The monoisotopic (exact) mass is 487 g/mol. The van der Waals surface area contributed by atoms with Crippen molar-refractivity contribution in [3.63, 3.8) is 0 Å². The highest BCUT2D eigenvalue weighted by atomic mass is 32.1.